The molecule has 0 aromatic heterocycles. The number of anilines is 2. The van der Waals surface area contributed by atoms with Crippen molar-refractivity contribution >= 4 is 23.2 Å². The number of amides is 2. The molecule has 0 fully saturated rings. The van der Waals surface area contributed by atoms with Gasteiger partial charge in [-0.2, -0.15) is 0 Å². The van der Waals surface area contributed by atoms with Crippen molar-refractivity contribution in [2.24, 2.45) is 5.73 Å². The van der Waals surface area contributed by atoms with E-state index in [0.717, 1.165) is 16.8 Å². The van der Waals surface area contributed by atoms with Crippen LogP contribution in [0.3, 0.4) is 0 Å². The van der Waals surface area contributed by atoms with Gasteiger partial charge in [-0.3, -0.25) is 9.59 Å². The molecule has 6 heteroatoms. The predicted molar refractivity (Wildman–Crippen MR) is 116 cm³/mol. The smallest absolute Gasteiger partial charge is 0.255 e. The van der Waals surface area contributed by atoms with E-state index in [9.17, 15) is 14.7 Å². The molecule has 0 saturated carbocycles. The summed E-state index contributed by atoms with van der Waals surface area (Å²) in [5, 5.41) is 12.3. The largest absolute Gasteiger partial charge is 0.508 e. The molecule has 0 saturated heterocycles. The Morgan fingerprint density at radius 3 is 2.31 bits per heavy atom. The Bertz CT molecular complexity index is 1070. The molecule has 6 nitrogen and oxygen atoms in total. The lowest BCUT2D eigenvalue weighted by molar-refractivity contribution is 0.0998. The molecule has 0 aliphatic rings. The van der Waals surface area contributed by atoms with E-state index in [-0.39, 0.29) is 11.7 Å². The third-order valence-corrected chi connectivity index (χ3v) is 4.69. The fourth-order valence-electron chi connectivity index (χ4n) is 3.14. The summed E-state index contributed by atoms with van der Waals surface area (Å²) in [5.41, 5.74) is 10.3. The van der Waals surface area contributed by atoms with Crippen LogP contribution in [-0.4, -0.2) is 31.0 Å². The van der Waals surface area contributed by atoms with Crippen LogP contribution in [0.5, 0.6) is 5.75 Å². The van der Waals surface area contributed by atoms with Crippen LogP contribution in [0.4, 0.5) is 11.4 Å². The lowest BCUT2D eigenvalue weighted by Gasteiger charge is -2.21. The number of phenolic OH excluding ortho intramolecular Hbond substituents is 1. The van der Waals surface area contributed by atoms with E-state index >= 15 is 0 Å². The first kappa shape index (κ1) is 19.9. The van der Waals surface area contributed by atoms with Gasteiger partial charge in [0.1, 0.15) is 5.75 Å². The minimum absolute atomic E-state index is 0.0963. The van der Waals surface area contributed by atoms with Gasteiger partial charge in [0.25, 0.3) is 5.91 Å². The van der Waals surface area contributed by atoms with Crippen LogP contribution in [-0.2, 0) is 0 Å². The lowest BCUT2D eigenvalue weighted by atomic mass is 9.95. The Morgan fingerprint density at radius 2 is 1.69 bits per heavy atom. The molecule has 3 aromatic rings. The van der Waals surface area contributed by atoms with Gasteiger partial charge < -0.3 is 21.1 Å². The predicted octanol–water partition coefficient (Wildman–Crippen LogP) is 3.78. The molecule has 0 atom stereocenters. The third-order valence-electron chi connectivity index (χ3n) is 4.69. The zero-order valence-electron chi connectivity index (χ0n) is 16.6. The van der Waals surface area contributed by atoms with Crippen LogP contribution >= 0.6 is 0 Å². The Labute approximate surface area is 169 Å². The van der Waals surface area contributed by atoms with Crippen LogP contribution < -0.4 is 16.0 Å². The molecule has 0 bridgehead atoms. The molecule has 0 aliphatic carbocycles. The summed E-state index contributed by atoms with van der Waals surface area (Å²) in [6.07, 6.45) is 0. The number of carbonyl (C=O) groups is 2. The summed E-state index contributed by atoms with van der Waals surface area (Å²) >= 11 is 0. The maximum absolute atomic E-state index is 12.6. The van der Waals surface area contributed by atoms with Crippen molar-refractivity contribution in [2.75, 3.05) is 24.3 Å². The number of primary amides is 1. The van der Waals surface area contributed by atoms with Gasteiger partial charge in [-0.05, 0) is 60.5 Å². The summed E-state index contributed by atoms with van der Waals surface area (Å²) < 4.78 is 0. The molecular formula is C23H23N3O3. The van der Waals surface area contributed by atoms with E-state index in [1.165, 1.54) is 12.1 Å². The number of aryl methyl sites for hydroxylation is 1. The van der Waals surface area contributed by atoms with Crippen LogP contribution in [0, 0.1) is 6.92 Å². The highest BCUT2D eigenvalue weighted by molar-refractivity contribution is 6.06. The molecule has 0 heterocycles. The molecule has 4 N–H and O–H groups in total. The second-order valence-electron chi connectivity index (χ2n) is 6.99. The van der Waals surface area contributed by atoms with Gasteiger partial charge in [0, 0.05) is 42.2 Å². The number of aromatic hydroxyl groups is 1. The number of benzene rings is 3. The normalized spacial score (nSPS) is 10.4. The Kier molecular flexibility index (Phi) is 5.54. The standard InChI is InChI=1S/C23H23N3O3/c1-14-7-8-16(21-18(22(24)28)5-4-6-20(21)26(2)3)13-19(14)25-23(29)15-9-11-17(27)12-10-15/h4-13,27H,1-3H3,(H2,24,28)(H,25,29). The van der Waals surface area contributed by atoms with Crippen molar-refractivity contribution < 1.29 is 14.7 Å². The molecular weight excluding hydrogens is 366 g/mol. The van der Waals surface area contributed by atoms with Gasteiger partial charge in [-0.1, -0.05) is 18.2 Å². The maximum atomic E-state index is 12.6. The van der Waals surface area contributed by atoms with E-state index < -0.39 is 5.91 Å². The first-order valence-electron chi connectivity index (χ1n) is 9.09. The van der Waals surface area contributed by atoms with Crippen LogP contribution in [0.15, 0.2) is 60.7 Å². The van der Waals surface area contributed by atoms with Gasteiger partial charge in [0.05, 0.1) is 0 Å². The first-order valence-corrected chi connectivity index (χ1v) is 9.09. The zero-order chi connectivity index (χ0) is 21.1. The van der Waals surface area contributed by atoms with E-state index in [1.807, 2.05) is 50.2 Å². The minimum atomic E-state index is -0.515. The van der Waals surface area contributed by atoms with E-state index in [2.05, 4.69) is 5.32 Å². The fourth-order valence-corrected chi connectivity index (χ4v) is 3.14. The second kappa shape index (κ2) is 8.06. The van der Waals surface area contributed by atoms with E-state index in [1.54, 1.807) is 24.3 Å². The van der Waals surface area contributed by atoms with Gasteiger partial charge in [0.2, 0.25) is 5.91 Å². The number of carbonyl (C=O) groups excluding carboxylic acids is 2. The minimum Gasteiger partial charge on any atom is -0.508 e. The number of phenols is 1. The maximum Gasteiger partial charge on any atom is 0.255 e. The van der Waals surface area contributed by atoms with Gasteiger partial charge in [-0.15, -0.1) is 0 Å². The topological polar surface area (TPSA) is 95.7 Å². The average molecular weight is 389 g/mol. The number of nitrogens with one attached hydrogen (secondary N) is 1. The Hall–Kier alpha value is -3.80. The van der Waals surface area contributed by atoms with Crippen molar-refractivity contribution in [1.82, 2.24) is 0 Å². The van der Waals surface area contributed by atoms with Crippen LogP contribution in [0.1, 0.15) is 26.3 Å². The molecule has 148 valence electrons. The molecule has 29 heavy (non-hydrogen) atoms. The van der Waals surface area contributed by atoms with Crippen LogP contribution in [0.25, 0.3) is 11.1 Å². The van der Waals surface area contributed by atoms with Gasteiger partial charge in [-0.25, -0.2) is 0 Å². The average Bonchev–Trinajstić information content (AvgIpc) is 2.69. The van der Waals surface area contributed by atoms with Crippen molar-refractivity contribution in [3.8, 4) is 16.9 Å². The molecule has 0 radical (unpaired) electrons. The number of nitrogens with two attached hydrogens (primary N) is 1. The van der Waals surface area contributed by atoms with Crippen molar-refractivity contribution in [3.63, 3.8) is 0 Å². The second-order valence-corrected chi connectivity index (χ2v) is 6.99. The third kappa shape index (κ3) is 4.21. The molecule has 0 aliphatic heterocycles. The molecule has 2 amide bonds. The summed E-state index contributed by atoms with van der Waals surface area (Å²) in [7, 11) is 3.79. The van der Waals surface area contributed by atoms with Crippen LogP contribution in [0.2, 0.25) is 0 Å². The summed E-state index contributed by atoms with van der Waals surface area (Å²) in [5.74, 6) is -0.709. The number of hydrogen-bond donors (Lipinski definition) is 3. The SMILES string of the molecule is Cc1ccc(-c2c(C(N)=O)cccc2N(C)C)cc1NC(=O)c1ccc(O)cc1. The number of hydrogen-bond acceptors (Lipinski definition) is 4. The molecule has 3 rings (SSSR count). The summed E-state index contributed by atoms with van der Waals surface area (Å²) in [6, 6.07) is 17.1. The number of rotatable bonds is 5. The quantitative estimate of drug-likeness (QED) is 0.619. The Morgan fingerprint density at radius 1 is 1.00 bits per heavy atom. The molecule has 0 unspecified atom stereocenters. The van der Waals surface area contributed by atoms with Crippen molar-refractivity contribution in [2.45, 2.75) is 6.92 Å². The highest BCUT2D eigenvalue weighted by Gasteiger charge is 2.17. The van der Waals surface area contributed by atoms with Crippen molar-refractivity contribution in [1.29, 1.82) is 0 Å². The summed E-state index contributed by atoms with van der Waals surface area (Å²) in [4.78, 5) is 26.5. The van der Waals surface area contributed by atoms with E-state index in [4.69, 9.17) is 5.73 Å². The lowest BCUT2D eigenvalue weighted by Crippen LogP contribution is -2.17. The summed E-state index contributed by atoms with van der Waals surface area (Å²) in [6.45, 7) is 1.89. The van der Waals surface area contributed by atoms with Gasteiger partial charge >= 0.3 is 0 Å². The monoisotopic (exact) mass is 389 g/mol. The van der Waals surface area contributed by atoms with Crippen molar-refractivity contribution in [3.05, 3.63) is 77.4 Å². The Balaban J connectivity index is 2.05. The molecule has 0 spiro atoms. The zero-order valence-corrected chi connectivity index (χ0v) is 16.6. The highest BCUT2D eigenvalue weighted by Crippen LogP contribution is 2.35. The fraction of sp³-hybridized carbons (Fsp3) is 0.130. The molecule has 3 aromatic carbocycles. The van der Waals surface area contributed by atoms with E-state index in [0.29, 0.717) is 22.4 Å². The first-order chi connectivity index (χ1) is 13.8. The number of nitrogens with zero attached hydrogens (tertiary/aromatic N) is 1. The highest BCUT2D eigenvalue weighted by atomic mass is 16.3. The van der Waals surface area contributed by atoms with Gasteiger partial charge in [0.15, 0.2) is 0 Å².